The maximum atomic E-state index is 5.63. The summed E-state index contributed by atoms with van der Waals surface area (Å²) in [4.78, 5) is 2.22. The molecule has 96 valence electrons. The minimum absolute atomic E-state index is 0.570. The molecule has 0 atom stereocenters. The molecular weight excluding hydrogens is 376 g/mol. The van der Waals surface area contributed by atoms with Gasteiger partial charge in [-0.05, 0) is 66.6 Å². The molecule has 2 aromatic rings. The molecule has 0 aliphatic carbocycles. The zero-order valence-electron chi connectivity index (χ0n) is 9.99. The van der Waals surface area contributed by atoms with Crippen LogP contribution in [0, 0.1) is 0 Å². The van der Waals surface area contributed by atoms with Gasteiger partial charge in [-0.25, -0.2) is 0 Å². The Balaban J connectivity index is 2.15. The Labute approximate surface area is 128 Å². The van der Waals surface area contributed by atoms with E-state index in [0.717, 1.165) is 16.6 Å². The SMILES string of the molecule is CN(Cc1csc(Br)c1)c1ccc(CN)cc1Br. The second kappa shape index (κ2) is 6.19. The van der Waals surface area contributed by atoms with Gasteiger partial charge in [-0.1, -0.05) is 6.07 Å². The lowest BCUT2D eigenvalue weighted by Gasteiger charge is -2.20. The molecule has 0 saturated carbocycles. The van der Waals surface area contributed by atoms with E-state index in [1.807, 2.05) is 0 Å². The van der Waals surface area contributed by atoms with Crippen LogP contribution in [-0.2, 0) is 13.1 Å². The van der Waals surface area contributed by atoms with Crippen molar-refractivity contribution in [1.29, 1.82) is 0 Å². The van der Waals surface area contributed by atoms with Crippen LogP contribution >= 0.6 is 43.2 Å². The third-order valence-corrected chi connectivity index (χ3v) is 4.89. The van der Waals surface area contributed by atoms with Crippen molar-refractivity contribution in [2.45, 2.75) is 13.1 Å². The molecule has 0 bridgehead atoms. The lowest BCUT2D eigenvalue weighted by Crippen LogP contribution is -2.16. The van der Waals surface area contributed by atoms with Gasteiger partial charge in [0.05, 0.1) is 9.47 Å². The summed E-state index contributed by atoms with van der Waals surface area (Å²) in [6.45, 7) is 1.46. The molecule has 0 aliphatic rings. The van der Waals surface area contributed by atoms with Crippen molar-refractivity contribution in [3.8, 4) is 0 Å². The van der Waals surface area contributed by atoms with Gasteiger partial charge in [-0.2, -0.15) is 0 Å². The maximum absolute atomic E-state index is 5.63. The summed E-state index contributed by atoms with van der Waals surface area (Å²) >= 11 is 8.81. The van der Waals surface area contributed by atoms with E-state index < -0.39 is 0 Å². The van der Waals surface area contributed by atoms with Crippen LogP contribution in [0.1, 0.15) is 11.1 Å². The Morgan fingerprint density at radius 1 is 1.22 bits per heavy atom. The number of nitrogens with two attached hydrogens (primary N) is 1. The van der Waals surface area contributed by atoms with Crippen molar-refractivity contribution in [2.24, 2.45) is 5.73 Å². The summed E-state index contributed by atoms with van der Waals surface area (Å²) in [7, 11) is 2.09. The van der Waals surface area contributed by atoms with Gasteiger partial charge in [0.25, 0.3) is 0 Å². The van der Waals surface area contributed by atoms with Gasteiger partial charge in [-0.15, -0.1) is 11.3 Å². The van der Waals surface area contributed by atoms with Crippen molar-refractivity contribution in [3.63, 3.8) is 0 Å². The van der Waals surface area contributed by atoms with Crippen molar-refractivity contribution in [1.82, 2.24) is 0 Å². The molecule has 18 heavy (non-hydrogen) atoms. The highest BCUT2D eigenvalue weighted by molar-refractivity contribution is 9.11. The van der Waals surface area contributed by atoms with E-state index in [-0.39, 0.29) is 0 Å². The third-order valence-electron chi connectivity index (χ3n) is 2.70. The van der Waals surface area contributed by atoms with Gasteiger partial charge in [0, 0.05) is 24.6 Å². The van der Waals surface area contributed by atoms with Crippen LogP contribution in [0.4, 0.5) is 5.69 Å². The standard InChI is InChI=1S/C13H14Br2N2S/c1-17(7-10-5-13(15)18-8-10)12-3-2-9(6-16)4-11(12)14/h2-5,8H,6-7,16H2,1H3. The average molecular weight is 390 g/mol. The summed E-state index contributed by atoms with van der Waals surface area (Å²) in [6.07, 6.45) is 0. The van der Waals surface area contributed by atoms with Gasteiger partial charge < -0.3 is 10.6 Å². The first-order valence-corrected chi connectivity index (χ1v) is 7.99. The Hall–Kier alpha value is -0.360. The summed E-state index contributed by atoms with van der Waals surface area (Å²) < 4.78 is 2.26. The van der Waals surface area contributed by atoms with Crippen LogP contribution in [0.25, 0.3) is 0 Å². The lowest BCUT2D eigenvalue weighted by atomic mass is 10.2. The van der Waals surface area contributed by atoms with E-state index >= 15 is 0 Å². The van der Waals surface area contributed by atoms with E-state index in [2.05, 4.69) is 73.5 Å². The molecule has 0 saturated heterocycles. The summed E-state index contributed by atoms with van der Waals surface area (Å²) in [6, 6.07) is 8.41. The number of halogens is 2. The number of benzene rings is 1. The monoisotopic (exact) mass is 388 g/mol. The molecule has 1 heterocycles. The molecular formula is C13H14Br2N2S. The summed E-state index contributed by atoms with van der Waals surface area (Å²) in [5.41, 5.74) is 9.25. The highest BCUT2D eigenvalue weighted by Crippen LogP contribution is 2.29. The van der Waals surface area contributed by atoms with Crippen molar-refractivity contribution in [2.75, 3.05) is 11.9 Å². The highest BCUT2D eigenvalue weighted by Gasteiger charge is 2.08. The van der Waals surface area contributed by atoms with Crippen LogP contribution in [0.5, 0.6) is 0 Å². The van der Waals surface area contributed by atoms with E-state index in [9.17, 15) is 0 Å². The number of anilines is 1. The lowest BCUT2D eigenvalue weighted by molar-refractivity contribution is 0.922. The topological polar surface area (TPSA) is 29.3 Å². The second-order valence-corrected chi connectivity index (χ2v) is 7.25. The Morgan fingerprint density at radius 3 is 2.56 bits per heavy atom. The number of rotatable bonds is 4. The number of hydrogen-bond donors (Lipinski definition) is 1. The third kappa shape index (κ3) is 3.35. The minimum atomic E-state index is 0.570. The van der Waals surface area contributed by atoms with Crippen LogP contribution in [-0.4, -0.2) is 7.05 Å². The zero-order chi connectivity index (χ0) is 13.1. The molecule has 0 radical (unpaired) electrons. The molecule has 5 heteroatoms. The first-order chi connectivity index (χ1) is 8.60. The molecule has 0 aliphatic heterocycles. The predicted molar refractivity (Wildman–Crippen MR) is 86.2 cm³/mol. The summed E-state index contributed by atoms with van der Waals surface area (Å²) in [5.74, 6) is 0. The molecule has 0 fully saturated rings. The van der Waals surface area contributed by atoms with Gasteiger partial charge in [0.1, 0.15) is 0 Å². The fourth-order valence-electron chi connectivity index (χ4n) is 1.77. The number of hydrogen-bond acceptors (Lipinski definition) is 3. The van der Waals surface area contributed by atoms with E-state index in [1.165, 1.54) is 15.0 Å². The molecule has 2 rings (SSSR count). The second-order valence-electron chi connectivity index (χ2n) is 4.11. The molecule has 0 unspecified atom stereocenters. The normalized spacial score (nSPS) is 10.7. The average Bonchev–Trinajstić information content (AvgIpc) is 2.74. The number of thiophene rings is 1. The first-order valence-electron chi connectivity index (χ1n) is 5.52. The van der Waals surface area contributed by atoms with Gasteiger partial charge in [-0.3, -0.25) is 0 Å². The molecule has 1 aromatic carbocycles. The van der Waals surface area contributed by atoms with E-state index in [1.54, 1.807) is 11.3 Å². The van der Waals surface area contributed by atoms with Gasteiger partial charge in [0.2, 0.25) is 0 Å². The molecule has 2 N–H and O–H groups in total. The van der Waals surface area contributed by atoms with Crippen LogP contribution in [0.15, 0.2) is 37.9 Å². The summed E-state index contributed by atoms with van der Waals surface area (Å²) in [5, 5.41) is 2.17. The molecule has 2 nitrogen and oxygen atoms in total. The Morgan fingerprint density at radius 2 is 2.00 bits per heavy atom. The molecule has 1 aromatic heterocycles. The number of nitrogens with zero attached hydrogens (tertiary/aromatic N) is 1. The van der Waals surface area contributed by atoms with Crippen molar-refractivity contribution >= 4 is 48.9 Å². The van der Waals surface area contributed by atoms with Crippen LogP contribution in [0.3, 0.4) is 0 Å². The Bertz CT molecular complexity index is 540. The highest BCUT2D eigenvalue weighted by atomic mass is 79.9. The van der Waals surface area contributed by atoms with E-state index in [4.69, 9.17) is 5.73 Å². The quantitative estimate of drug-likeness (QED) is 0.841. The minimum Gasteiger partial charge on any atom is -0.369 e. The van der Waals surface area contributed by atoms with Crippen molar-refractivity contribution < 1.29 is 0 Å². The zero-order valence-corrected chi connectivity index (χ0v) is 14.0. The maximum Gasteiger partial charge on any atom is 0.0701 e. The van der Waals surface area contributed by atoms with Crippen LogP contribution < -0.4 is 10.6 Å². The Kier molecular flexibility index (Phi) is 4.84. The van der Waals surface area contributed by atoms with Gasteiger partial charge in [0.15, 0.2) is 0 Å². The predicted octanol–water partition coefficient (Wildman–Crippen LogP) is 4.37. The van der Waals surface area contributed by atoms with Gasteiger partial charge >= 0.3 is 0 Å². The fourth-order valence-corrected chi connectivity index (χ4v) is 3.70. The fraction of sp³-hybridized carbons (Fsp3) is 0.231. The molecule has 0 spiro atoms. The van der Waals surface area contributed by atoms with Crippen LogP contribution in [0.2, 0.25) is 0 Å². The molecule has 0 amide bonds. The van der Waals surface area contributed by atoms with E-state index in [0.29, 0.717) is 6.54 Å². The largest absolute Gasteiger partial charge is 0.369 e. The smallest absolute Gasteiger partial charge is 0.0701 e. The first kappa shape index (κ1) is 14.1. The van der Waals surface area contributed by atoms with Crippen molar-refractivity contribution in [3.05, 3.63) is 49.0 Å².